The summed E-state index contributed by atoms with van der Waals surface area (Å²) in [4.78, 5) is 1.47. The van der Waals surface area contributed by atoms with Crippen molar-refractivity contribution in [2.75, 3.05) is 13.1 Å². The molecule has 1 aromatic heterocycles. The minimum Gasteiger partial charge on any atom is -0.316 e. The summed E-state index contributed by atoms with van der Waals surface area (Å²) in [5.41, 5.74) is 0.723. The van der Waals surface area contributed by atoms with Gasteiger partial charge < -0.3 is 5.32 Å². The van der Waals surface area contributed by atoms with Crippen LogP contribution in [0.3, 0.4) is 0 Å². The summed E-state index contributed by atoms with van der Waals surface area (Å²) in [7, 11) is 0. The van der Waals surface area contributed by atoms with Crippen LogP contribution in [0.2, 0.25) is 0 Å². The van der Waals surface area contributed by atoms with E-state index < -0.39 is 0 Å². The number of hydrogen-bond donors (Lipinski definition) is 1. The molecular weight excluding hydrogens is 226 g/mol. The molecule has 0 saturated heterocycles. The van der Waals surface area contributed by atoms with Gasteiger partial charge in [-0.3, -0.25) is 0 Å². The van der Waals surface area contributed by atoms with Gasteiger partial charge >= 0.3 is 0 Å². The topological polar surface area (TPSA) is 12.0 Å². The van der Waals surface area contributed by atoms with Gasteiger partial charge in [-0.25, -0.2) is 0 Å². The second kappa shape index (κ2) is 6.01. The van der Waals surface area contributed by atoms with Crippen LogP contribution in [0.25, 0.3) is 0 Å². The molecule has 0 atom stereocenters. The fraction of sp³-hybridized carbons (Fsp3) is 0.733. The van der Waals surface area contributed by atoms with Crippen LogP contribution in [0.15, 0.2) is 17.5 Å². The second-order valence-electron chi connectivity index (χ2n) is 6.70. The monoisotopic (exact) mass is 253 g/mol. The van der Waals surface area contributed by atoms with Gasteiger partial charge in [-0.05, 0) is 36.2 Å². The molecule has 1 N–H and O–H groups in total. The predicted molar refractivity (Wildman–Crippen MR) is 78.9 cm³/mol. The zero-order valence-electron chi connectivity index (χ0n) is 12.0. The standard InChI is InChI=1S/C15H27NS/c1-14(2,3)9-7-10-16-12-15(4,5)13-8-6-11-17-13/h6,8,11,16H,7,9-10,12H2,1-5H3. The summed E-state index contributed by atoms with van der Waals surface area (Å²) in [5.74, 6) is 0. The third kappa shape index (κ3) is 5.69. The molecule has 0 aliphatic heterocycles. The predicted octanol–water partition coefficient (Wildman–Crippen LogP) is 4.44. The highest BCUT2D eigenvalue weighted by Gasteiger charge is 2.20. The van der Waals surface area contributed by atoms with Crippen LogP contribution in [-0.2, 0) is 5.41 Å². The van der Waals surface area contributed by atoms with Gasteiger partial charge in [-0.1, -0.05) is 40.7 Å². The number of nitrogens with one attached hydrogen (secondary N) is 1. The van der Waals surface area contributed by atoms with E-state index in [1.165, 1.54) is 17.7 Å². The minimum atomic E-state index is 0.260. The van der Waals surface area contributed by atoms with Crippen molar-refractivity contribution in [3.8, 4) is 0 Å². The van der Waals surface area contributed by atoms with Crippen molar-refractivity contribution in [2.24, 2.45) is 5.41 Å². The Morgan fingerprint density at radius 1 is 1.18 bits per heavy atom. The average molecular weight is 253 g/mol. The van der Waals surface area contributed by atoms with E-state index in [4.69, 9.17) is 0 Å². The molecule has 0 aliphatic rings. The summed E-state index contributed by atoms with van der Waals surface area (Å²) in [6.45, 7) is 13.8. The van der Waals surface area contributed by atoms with Crippen molar-refractivity contribution in [2.45, 2.75) is 52.9 Å². The van der Waals surface area contributed by atoms with Crippen LogP contribution in [0.4, 0.5) is 0 Å². The van der Waals surface area contributed by atoms with E-state index in [9.17, 15) is 0 Å². The van der Waals surface area contributed by atoms with Crippen LogP contribution in [-0.4, -0.2) is 13.1 Å². The maximum atomic E-state index is 3.59. The molecule has 0 fully saturated rings. The molecule has 0 radical (unpaired) electrons. The molecule has 0 bridgehead atoms. The lowest BCUT2D eigenvalue weighted by molar-refractivity contribution is 0.356. The zero-order chi connectivity index (χ0) is 12.9. The van der Waals surface area contributed by atoms with E-state index in [0.29, 0.717) is 5.41 Å². The molecule has 1 aromatic rings. The fourth-order valence-electron chi connectivity index (χ4n) is 1.90. The summed E-state index contributed by atoms with van der Waals surface area (Å²) in [6, 6.07) is 4.38. The molecular formula is C15H27NS. The van der Waals surface area contributed by atoms with Crippen LogP contribution in [0.5, 0.6) is 0 Å². The van der Waals surface area contributed by atoms with Gasteiger partial charge in [0.2, 0.25) is 0 Å². The van der Waals surface area contributed by atoms with Gasteiger partial charge in [-0.2, -0.15) is 0 Å². The van der Waals surface area contributed by atoms with E-state index in [1.54, 1.807) is 0 Å². The maximum Gasteiger partial charge on any atom is 0.0115 e. The summed E-state index contributed by atoms with van der Waals surface area (Å²) >= 11 is 1.86. The summed E-state index contributed by atoms with van der Waals surface area (Å²) in [6.07, 6.45) is 2.56. The second-order valence-corrected chi connectivity index (χ2v) is 7.65. The Hall–Kier alpha value is -0.340. The number of thiophene rings is 1. The minimum absolute atomic E-state index is 0.260. The highest BCUT2D eigenvalue weighted by Crippen LogP contribution is 2.26. The Kier molecular flexibility index (Phi) is 5.21. The molecule has 2 heteroatoms. The normalized spacial score (nSPS) is 13.0. The Morgan fingerprint density at radius 2 is 1.88 bits per heavy atom. The smallest absolute Gasteiger partial charge is 0.0115 e. The third-order valence-electron chi connectivity index (χ3n) is 3.04. The summed E-state index contributed by atoms with van der Waals surface area (Å²) < 4.78 is 0. The molecule has 0 amide bonds. The van der Waals surface area contributed by atoms with Crippen molar-refractivity contribution in [3.05, 3.63) is 22.4 Å². The van der Waals surface area contributed by atoms with Gasteiger partial charge in [0.25, 0.3) is 0 Å². The number of hydrogen-bond acceptors (Lipinski definition) is 2. The van der Waals surface area contributed by atoms with E-state index in [-0.39, 0.29) is 5.41 Å². The molecule has 17 heavy (non-hydrogen) atoms. The molecule has 0 saturated carbocycles. The van der Waals surface area contributed by atoms with Crippen molar-refractivity contribution >= 4 is 11.3 Å². The van der Waals surface area contributed by atoms with Crippen molar-refractivity contribution in [1.29, 1.82) is 0 Å². The largest absolute Gasteiger partial charge is 0.316 e. The first-order valence-electron chi connectivity index (χ1n) is 6.56. The molecule has 1 heterocycles. The third-order valence-corrected chi connectivity index (χ3v) is 4.27. The lowest BCUT2D eigenvalue weighted by Crippen LogP contribution is -2.33. The lowest BCUT2D eigenvalue weighted by atomic mass is 9.90. The van der Waals surface area contributed by atoms with E-state index in [1.807, 2.05) is 11.3 Å². The molecule has 0 unspecified atom stereocenters. The van der Waals surface area contributed by atoms with Crippen LogP contribution >= 0.6 is 11.3 Å². The van der Waals surface area contributed by atoms with Crippen molar-refractivity contribution < 1.29 is 0 Å². The zero-order valence-corrected chi connectivity index (χ0v) is 12.8. The fourth-order valence-corrected chi connectivity index (χ4v) is 2.75. The lowest BCUT2D eigenvalue weighted by Gasteiger charge is -2.24. The van der Waals surface area contributed by atoms with Gasteiger partial charge in [0.15, 0.2) is 0 Å². The van der Waals surface area contributed by atoms with Gasteiger partial charge in [-0.15, -0.1) is 11.3 Å². The molecule has 0 aromatic carbocycles. The highest BCUT2D eigenvalue weighted by atomic mass is 32.1. The molecule has 98 valence electrons. The van der Waals surface area contributed by atoms with E-state index in [2.05, 4.69) is 57.4 Å². The van der Waals surface area contributed by atoms with Crippen LogP contribution in [0.1, 0.15) is 52.3 Å². The van der Waals surface area contributed by atoms with E-state index in [0.717, 1.165) is 13.1 Å². The highest BCUT2D eigenvalue weighted by molar-refractivity contribution is 7.10. The SMILES string of the molecule is CC(C)(C)CCCNCC(C)(C)c1cccs1. The van der Waals surface area contributed by atoms with Gasteiger partial charge in [0, 0.05) is 16.8 Å². The van der Waals surface area contributed by atoms with Crippen LogP contribution < -0.4 is 5.32 Å². The Balaban J connectivity index is 2.23. The Bertz CT molecular complexity index is 306. The first kappa shape index (κ1) is 14.7. The number of rotatable bonds is 6. The first-order valence-corrected chi connectivity index (χ1v) is 7.44. The van der Waals surface area contributed by atoms with E-state index >= 15 is 0 Å². The van der Waals surface area contributed by atoms with Crippen molar-refractivity contribution in [3.63, 3.8) is 0 Å². The summed E-state index contributed by atoms with van der Waals surface area (Å²) in [5, 5.41) is 5.76. The molecule has 1 rings (SSSR count). The van der Waals surface area contributed by atoms with Gasteiger partial charge in [0.1, 0.15) is 0 Å². The molecule has 0 aliphatic carbocycles. The quantitative estimate of drug-likeness (QED) is 0.739. The van der Waals surface area contributed by atoms with Gasteiger partial charge in [0.05, 0.1) is 0 Å². The maximum absolute atomic E-state index is 3.59. The average Bonchev–Trinajstić information content (AvgIpc) is 2.68. The molecule has 1 nitrogen and oxygen atoms in total. The van der Waals surface area contributed by atoms with Crippen LogP contribution in [0, 0.1) is 5.41 Å². The van der Waals surface area contributed by atoms with Crippen molar-refractivity contribution in [1.82, 2.24) is 5.32 Å². The Morgan fingerprint density at radius 3 is 2.41 bits per heavy atom. The molecule has 0 spiro atoms. The first-order chi connectivity index (χ1) is 7.81. The Labute approximate surface area is 111 Å².